The molecule has 1 aliphatic carbocycles. The third-order valence-electron chi connectivity index (χ3n) is 3.91. The van der Waals surface area contributed by atoms with Gasteiger partial charge in [-0.05, 0) is 25.5 Å². The third kappa shape index (κ3) is 2.91. The molecule has 1 saturated carbocycles. The Bertz CT molecular complexity index is 385. The van der Waals surface area contributed by atoms with Crippen molar-refractivity contribution in [1.82, 2.24) is 4.90 Å². The summed E-state index contributed by atoms with van der Waals surface area (Å²) in [4.78, 5) is 13.6. The fourth-order valence-electron chi connectivity index (χ4n) is 2.89. The smallest absolute Gasteiger partial charge is 0.325 e. The average molecular weight is 247 g/mol. The summed E-state index contributed by atoms with van der Waals surface area (Å²) in [6.45, 7) is 0. The number of aliphatic carboxylic acids is 1. The number of carboxylic acids is 1. The molecule has 0 saturated heterocycles. The van der Waals surface area contributed by atoms with Crippen LogP contribution in [0.2, 0.25) is 0 Å². The third-order valence-corrected chi connectivity index (χ3v) is 3.91. The maximum atomic E-state index is 11.5. The molecule has 1 aromatic rings. The number of hydrogen-bond donors (Lipinski definition) is 1. The van der Waals surface area contributed by atoms with E-state index in [2.05, 4.69) is 0 Å². The van der Waals surface area contributed by atoms with Gasteiger partial charge < -0.3 is 5.11 Å². The maximum absolute atomic E-state index is 11.5. The van der Waals surface area contributed by atoms with Crippen LogP contribution < -0.4 is 0 Å². The zero-order valence-electron chi connectivity index (χ0n) is 10.9. The molecule has 1 aliphatic rings. The van der Waals surface area contributed by atoms with E-state index in [0.717, 1.165) is 18.4 Å². The number of carboxylic acid groups (broad SMARTS) is 1. The Balaban J connectivity index is 2.17. The maximum Gasteiger partial charge on any atom is 0.325 e. The van der Waals surface area contributed by atoms with Crippen molar-refractivity contribution in [3.63, 3.8) is 0 Å². The largest absolute Gasteiger partial charge is 0.480 e. The summed E-state index contributed by atoms with van der Waals surface area (Å²) in [5, 5.41) is 9.49. The van der Waals surface area contributed by atoms with Gasteiger partial charge in [0.1, 0.15) is 6.04 Å². The molecule has 1 atom stereocenters. The van der Waals surface area contributed by atoms with Crippen LogP contribution in [0.5, 0.6) is 0 Å². The highest BCUT2D eigenvalue weighted by molar-refractivity contribution is 5.75. The highest BCUT2D eigenvalue weighted by Gasteiger charge is 2.30. The van der Waals surface area contributed by atoms with Gasteiger partial charge in [0.25, 0.3) is 0 Å². The highest BCUT2D eigenvalue weighted by atomic mass is 16.4. The van der Waals surface area contributed by atoms with Gasteiger partial charge in [-0.1, -0.05) is 49.6 Å². The standard InChI is InChI=1S/C15H21NO2/c1-16(13-10-6-3-7-11-13)14(15(17)18)12-8-4-2-5-9-12/h2,4-5,8-9,13-14H,3,6-7,10-11H2,1H3,(H,17,18). The molecule has 98 valence electrons. The minimum absolute atomic E-state index is 0.403. The molecule has 3 nitrogen and oxygen atoms in total. The summed E-state index contributed by atoms with van der Waals surface area (Å²) >= 11 is 0. The predicted molar refractivity (Wildman–Crippen MR) is 71.5 cm³/mol. The molecular formula is C15H21NO2. The topological polar surface area (TPSA) is 40.5 Å². The number of rotatable bonds is 4. The molecule has 0 bridgehead atoms. The van der Waals surface area contributed by atoms with Crippen molar-refractivity contribution in [2.45, 2.75) is 44.2 Å². The van der Waals surface area contributed by atoms with Crippen molar-refractivity contribution in [1.29, 1.82) is 0 Å². The minimum atomic E-state index is -0.755. The second kappa shape index (κ2) is 6.01. The van der Waals surface area contributed by atoms with Crippen molar-refractivity contribution in [2.24, 2.45) is 0 Å². The van der Waals surface area contributed by atoms with Crippen LogP contribution in [0.1, 0.15) is 43.7 Å². The lowest BCUT2D eigenvalue weighted by Crippen LogP contribution is -2.40. The van der Waals surface area contributed by atoms with E-state index >= 15 is 0 Å². The van der Waals surface area contributed by atoms with Crippen molar-refractivity contribution >= 4 is 5.97 Å². The van der Waals surface area contributed by atoms with E-state index in [9.17, 15) is 9.90 Å². The zero-order chi connectivity index (χ0) is 13.0. The predicted octanol–water partition coefficient (Wildman–Crippen LogP) is 3.08. The second-order valence-corrected chi connectivity index (χ2v) is 5.11. The average Bonchev–Trinajstić information content (AvgIpc) is 2.40. The minimum Gasteiger partial charge on any atom is -0.480 e. The van der Waals surface area contributed by atoms with Crippen LogP contribution in [0.4, 0.5) is 0 Å². The molecule has 0 amide bonds. The van der Waals surface area contributed by atoms with Gasteiger partial charge in [0.2, 0.25) is 0 Å². The van der Waals surface area contributed by atoms with Gasteiger partial charge >= 0.3 is 5.97 Å². The Morgan fingerprint density at radius 3 is 2.39 bits per heavy atom. The van der Waals surface area contributed by atoms with Gasteiger partial charge in [-0.3, -0.25) is 9.69 Å². The normalized spacial score (nSPS) is 18.8. The zero-order valence-corrected chi connectivity index (χ0v) is 10.9. The second-order valence-electron chi connectivity index (χ2n) is 5.11. The van der Waals surface area contributed by atoms with Gasteiger partial charge in [-0.2, -0.15) is 0 Å². The molecule has 1 unspecified atom stereocenters. The van der Waals surface area contributed by atoms with Gasteiger partial charge in [-0.25, -0.2) is 0 Å². The van der Waals surface area contributed by atoms with Crippen LogP contribution >= 0.6 is 0 Å². The van der Waals surface area contributed by atoms with E-state index in [1.54, 1.807) is 0 Å². The molecule has 0 aliphatic heterocycles. The number of likely N-dealkylation sites (N-methyl/N-ethyl adjacent to an activating group) is 1. The van der Waals surface area contributed by atoms with Gasteiger partial charge in [-0.15, -0.1) is 0 Å². The Hall–Kier alpha value is -1.35. The molecule has 2 rings (SSSR count). The van der Waals surface area contributed by atoms with Gasteiger partial charge in [0.05, 0.1) is 0 Å². The van der Waals surface area contributed by atoms with Crippen LogP contribution in [0.25, 0.3) is 0 Å². The Morgan fingerprint density at radius 2 is 1.83 bits per heavy atom. The van der Waals surface area contributed by atoms with E-state index in [1.807, 2.05) is 42.3 Å². The first kappa shape index (κ1) is 13.1. The summed E-state index contributed by atoms with van der Waals surface area (Å²) in [6, 6.07) is 9.41. The van der Waals surface area contributed by atoms with Crippen molar-refractivity contribution in [2.75, 3.05) is 7.05 Å². The van der Waals surface area contributed by atoms with Crippen LogP contribution in [0.15, 0.2) is 30.3 Å². The van der Waals surface area contributed by atoms with Crippen LogP contribution in [0.3, 0.4) is 0 Å². The molecule has 1 fully saturated rings. The summed E-state index contributed by atoms with van der Waals surface area (Å²) in [6.07, 6.45) is 5.96. The molecular weight excluding hydrogens is 226 g/mol. The molecule has 0 aromatic heterocycles. The monoisotopic (exact) mass is 247 g/mol. The first-order chi connectivity index (χ1) is 8.70. The molecule has 1 aromatic carbocycles. The van der Waals surface area contributed by atoms with Crippen LogP contribution in [-0.4, -0.2) is 29.1 Å². The Morgan fingerprint density at radius 1 is 1.22 bits per heavy atom. The molecule has 3 heteroatoms. The Labute approximate surface area is 108 Å². The van der Waals surface area contributed by atoms with Gasteiger partial charge in [0.15, 0.2) is 0 Å². The highest BCUT2D eigenvalue weighted by Crippen LogP contribution is 2.29. The number of hydrogen-bond acceptors (Lipinski definition) is 2. The molecule has 0 spiro atoms. The van der Waals surface area contributed by atoms with Crippen molar-refractivity contribution < 1.29 is 9.90 Å². The molecule has 0 heterocycles. The lowest BCUT2D eigenvalue weighted by Gasteiger charge is -2.35. The number of nitrogens with zero attached hydrogens (tertiary/aromatic N) is 1. The van der Waals surface area contributed by atoms with E-state index in [0.29, 0.717) is 6.04 Å². The fourth-order valence-corrected chi connectivity index (χ4v) is 2.89. The first-order valence-corrected chi connectivity index (χ1v) is 6.70. The number of carbonyl (C=O) groups is 1. The summed E-state index contributed by atoms with van der Waals surface area (Å²) in [5.74, 6) is -0.755. The lowest BCUT2D eigenvalue weighted by molar-refractivity contribution is -0.144. The lowest BCUT2D eigenvalue weighted by atomic mass is 9.92. The van der Waals surface area contributed by atoms with Crippen molar-refractivity contribution in [3.8, 4) is 0 Å². The van der Waals surface area contributed by atoms with Crippen LogP contribution in [0, 0.1) is 0 Å². The van der Waals surface area contributed by atoms with E-state index in [-0.39, 0.29) is 0 Å². The van der Waals surface area contributed by atoms with Crippen LogP contribution in [-0.2, 0) is 4.79 Å². The first-order valence-electron chi connectivity index (χ1n) is 6.70. The molecule has 18 heavy (non-hydrogen) atoms. The van der Waals surface area contributed by atoms with Crippen molar-refractivity contribution in [3.05, 3.63) is 35.9 Å². The van der Waals surface area contributed by atoms with Gasteiger partial charge in [0, 0.05) is 6.04 Å². The molecule has 0 radical (unpaired) electrons. The summed E-state index contributed by atoms with van der Waals surface area (Å²) < 4.78 is 0. The Kier molecular flexibility index (Phi) is 4.37. The number of benzene rings is 1. The van der Waals surface area contributed by atoms with E-state index in [1.165, 1.54) is 19.3 Å². The van der Waals surface area contributed by atoms with E-state index in [4.69, 9.17) is 0 Å². The fraction of sp³-hybridized carbons (Fsp3) is 0.533. The van der Waals surface area contributed by atoms with E-state index < -0.39 is 12.0 Å². The summed E-state index contributed by atoms with van der Waals surface area (Å²) in [7, 11) is 1.95. The molecule has 1 N–H and O–H groups in total. The summed E-state index contributed by atoms with van der Waals surface area (Å²) in [5.41, 5.74) is 0.873. The SMILES string of the molecule is CN(C1CCCCC1)C(C(=O)O)c1ccccc1. The quantitative estimate of drug-likeness (QED) is 0.889.